The summed E-state index contributed by atoms with van der Waals surface area (Å²) in [4.78, 5) is 45.8. The first-order valence-electron chi connectivity index (χ1n) is 10.7. The van der Waals surface area contributed by atoms with Crippen molar-refractivity contribution in [2.75, 3.05) is 39.5 Å². The number of ether oxygens (including phenoxy) is 4. The number of hydrogen-bond acceptors (Lipinski definition) is 8. The molecule has 1 aliphatic carbocycles. The third-order valence-electron chi connectivity index (χ3n) is 4.83. The lowest BCUT2D eigenvalue weighted by Crippen LogP contribution is -2.35. The summed E-state index contributed by atoms with van der Waals surface area (Å²) in [6, 6.07) is 0. The van der Waals surface area contributed by atoms with Gasteiger partial charge in [-0.05, 0) is 51.4 Å². The van der Waals surface area contributed by atoms with Crippen molar-refractivity contribution in [3.63, 3.8) is 0 Å². The van der Waals surface area contributed by atoms with Crippen LogP contribution in [0, 0.1) is 11.8 Å². The molecule has 0 aromatic rings. The van der Waals surface area contributed by atoms with Gasteiger partial charge in [-0.1, -0.05) is 13.2 Å². The highest BCUT2D eigenvalue weighted by Crippen LogP contribution is 2.27. The van der Waals surface area contributed by atoms with Crippen LogP contribution in [0.2, 0.25) is 0 Å². The van der Waals surface area contributed by atoms with Crippen molar-refractivity contribution in [1.82, 2.24) is 10.6 Å². The number of rotatable bonds is 12. The fourth-order valence-corrected chi connectivity index (χ4v) is 2.98. The average Bonchev–Trinajstić information content (AvgIpc) is 2.76. The van der Waals surface area contributed by atoms with E-state index in [2.05, 4.69) is 23.8 Å². The summed E-state index contributed by atoms with van der Waals surface area (Å²) in [5.41, 5.74) is 0.581. The molecule has 0 spiro atoms. The molecule has 32 heavy (non-hydrogen) atoms. The van der Waals surface area contributed by atoms with Gasteiger partial charge in [-0.15, -0.1) is 0 Å². The summed E-state index contributed by atoms with van der Waals surface area (Å²) in [5.74, 6) is -0.347. The minimum Gasteiger partial charge on any atom is -0.459 e. The van der Waals surface area contributed by atoms with E-state index in [0.29, 0.717) is 36.1 Å². The van der Waals surface area contributed by atoms with Crippen LogP contribution in [0.25, 0.3) is 0 Å². The Labute approximate surface area is 188 Å². The Bertz CT molecular complexity index is 625. The first kappa shape index (κ1) is 27.0. The van der Waals surface area contributed by atoms with E-state index in [9.17, 15) is 19.2 Å². The van der Waals surface area contributed by atoms with Crippen LogP contribution in [0.5, 0.6) is 0 Å². The molecule has 0 aliphatic heterocycles. The molecular formula is C22H34N2O8. The predicted molar refractivity (Wildman–Crippen MR) is 116 cm³/mol. The molecule has 0 unspecified atom stereocenters. The smallest absolute Gasteiger partial charge is 0.407 e. The Morgan fingerprint density at radius 1 is 0.656 bits per heavy atom. The molecule has 1 fully saturated rings. The van der Waals surface area contributed by atoms with E-state index in [1.165, 1.54) is 0 Å². The van der Waals surface area contributed by atoms with Gasteiger partial charge in [0.25, 0.3) is 0 Å². The summed E-state index contributed by atoms with van der Waals surface area (Å²) in [5, 5.41) is 5.44. The van der Waals surface area contributed by atoms with E-state index in [-0.39, 0.29) is 26.4 Å². The zero-order valence-corrected chi connectivity index (χ0v) is 18.9. The molecule has 2 N–H and O–H groups in total. The van der Waals surface area contributed by atoms with E-state index in [4.69, 9.17) is 18.9 Å². The standard InChI is InChI=1S/C22H34N2O8/c1-15(2)19(25)29-9-11-31-21(27)23-13-17-5-7-18(8-6-17)14-24-22(28)32-12-10-30-20(26)16(3)4/h17-18H,1,3,5-14H2,2,4H3,(H,23,27)(H,24,28). The molecule has 0 radical (unpaired) electrons. The molecule has 1 rings (SSSR count). The van der Waals surface area contributed by atoms with E-state index >= 15 is 0 Å². The molecule has 1 aliphatic rings. The van der Waals surface area contributed by atoms with Gasteiger partial charge in [-0.3, -0.25) is 0 Å². The lowest BCUT2D eigenvalue weighted by molar-refractivity contribution is -0.140. The quantitative estimate of drug-likeness (QED) is 0.199. The average molecular weight is 455 g/mol. The lowest BCUT2D eigenvalue weighted by Gasteiger charge is -2.28. The second-order valence-corrected chi connectivity index (χ2v) is 7.75. The molecule has 0 atom stereocenters. The van der Waals surface area contributed by atoms with Crippen LogP contribution in [0.4, 0.5) is 9.59 Å². The molecule has 0 aromatic heterocycles. The minimum absolute atomic E-state index is 0.0146. The van der Waals surface area contributed by atoms with Gasteiger partial charge in [-0.2, -0.15) is 0 Å². The Morgan fingerprint density at radius 3 is 1.28 bits per heavy atom. The zero-order valence-electron chi connectivity index (χ0n) is 18.9. The van der Waals surface area contributed by atoms with E-state index in [1.807, 2.05) is 0 Å². The summed E-state index contributed by atoms with van der Waals surface area (Å²) < 4.78 is 19.6. The van der Waals surface area contributed by atoms with Crippen molar-refractivity contribution in [2.45, 2.75) is 39.5 Å². The second-order valence-electron chi connectivity index (χ2n) is 7.75. The van der Waals surface area contributed by atoms with Gasteiger partial charge in [0.15, 0.2) is 0 Å². The normalized spacial score (nSPS) is 17.4. The minimum atomic E-state index is -0.545. The van der Waals surface area contributed by atoms with E-state index in [0.717, 1.165) is 25.7 Å². The van der Waals surface area contributed by atoms with Gasteiger partial charge in [0.1, 0.15) is 26.4 Å². The summed E-state index contributed by atoms with van der Waals surface area (Å²) >= 11 is 0. The molecule has 0 bridgehead atoms. The molecule has 0 saturated heterocycles. The number of amides is 2. The molecular weight excluding hydrogens is 420 g/mol. The van der Waals surface area contributed by atoms with Crippen molar-refractivity contribution in [1.29, 1.82) is 0 Å². The first-order valence-corrected chi connectivity index (χ1v) is 10.7. The van der Waals surface area contributed by atoms with E-state index in [1.54, 1.807) is 13.8 Å². The number of carbonyl (C=O) groups excluding carboxylic acids is 4. The van der Waals surface area contributed by atoms with Crippen LogP contribution < -0.4 is 10.6 Å². The SMILES string of the molecule is C=C(C)C(=O)OCCOC(=O)NCC1CCC(CNC(=O)OCCOC(=O)C(=C)C)CC1. The highest BCUT2D eigenvalue weighted by atomic mass is 16.6. The van der Waals surface area contributed by atoms with Gasteiger partial charge in [0, 0.05) is 24.2 Å². The highest BCUT2D eigenvalue weighted by Gasteiger charge is 2.22. The number of nitrogens with one attached hydrogen (secondary N) is 2. The van der Waals surface area contributed by atoms with Crippen molar-refractivity contribution in [3.8, 4) is 0 Å². The number of hydrogen-bond donors (Lipinski definition) is 2. The largest absolute Gasteiger partial charge is 0.459 e. The van der Waals surface area contributed by atoms with Crippen LogP contribution in [-0.4, -0.2) is 63.6 Å². The van der Waals surface area contributed by atoms with Crippen molar-refractivity contribution in [3.05, 3.63) is 24.3 Å². The second kappa shape index (κ2) is 14.9. The van der Waals surface area contributed by atoms with Gasteiger partial charge in [0.05, 0.1) is 0 Å². The van der Waals surface area contributed by atoms with Crippen LogP contribution >= 0.6 is 0 Å². The lowest BCUT2D eigenvalue weighted by atomic mass is 9.82. The Morgan fingerprint density at radius 2 is 0.969 bits per heavy atom. The topological polar surface area (TPSA) is 129 Å². The molecule has 0 aromatic carbocycles. The Balaban J connectivity index is 2.06. The number of carbonyl (C=O) groups is 4. The monoisotopic (exact) mass is 454 g/mol. The van der Waals surface area contributed by atoms with Crippen LogP contribution in [-0.2, 0) is 28.5 Å². The molecule has 10 nitrogen and oxygen atoms in total. The van der Waals surface area contributed by atoms with Crippen molar-refractivity contribution in [2.24, 2.45) is 11.8 Å². The predicted octanol–water partition coefficient (Wildman–Crippen LogP) is 2.48. The molecule has 0 heterocycles. The van der Waals surface area contributed by atoms with Crippen LogP contribution in [0.1, 0.15) is 39.5 Å². The first-order chi connectivity index (χ1) is 15.2. The summed E-state index contributed by atoms with van der Waals surface area (Å²) in [7, 11) is 0. The fraction of sp³-hybridized carbons (Fsp3) is 0.636. The van der Waals surface area contributed by atoms with Crippen molar-refractivity contribution < 1.29 is 38.1 Å². The Hall–Kier alpha value is -3.04. The van der Waals surface area contributed by atoms with Gasteiger partial charge in [0.2, 0.25) is 0 Å². The number of alkyl carbamates (subject to hydrolysis) is 2. The fourth-order valence-electron chi connectivity index (χ4n) is 2.98. The third kappa shape index (κ3) is 12.0. The van der Waals surface area contributed by atoms with Crippen LogP contribution in [0.3, 0.4) is 0 Å². The van der Waals surface area contributed by atoms with Crippen LogP contribution in [0.15, 0.2) is 24.3 Å². The number of esters is 2. The maximum atomic E-state index is 11.7. The summed E-state index contributed by atoms with van der Waals surface area (Å²) in [6.45, 7) is 11.0. The van der Waals surface area contributed by atoms with E-state index < -0.39 is 24.1 Å². The molecule has 10 heteroatoms. The summed E-state index contributed by atoms with van der Waals surface area (Å²) in [6.07, 6.45) is 2.61. The molecule has 2 amide bonds. The van der Waals surface area contributed by atoms with Gasteiger partial charge < -0.3 is 29.6 Å². The highest BCUT2D eigenvalue weighted by molar-refractivity contribution is 5.87. The maximum absolute atomic E-state index is 11.7. The Kier molecular flexibility index (Phi) is 12.5. The third-order valence-corrected chi connectivity index (χ3v) is 4.83. The molecule has 1 saturated carbocycles. The maximum Gasteiger partial charge on any atom is 0.407 e. The van der Waals surface area contributed by atoms with Gasteiger partial charge in [-0.25, -0.2) is 19.2 Å². The van der Waals surface area contributed by atoms with Gasteiger partial charge >= 0.3 is 24.1 Å². The molecule has 180 valence electrons. The van der Waals surface area contributed by atoms with Crippen molar-refractivity contribution >= 4 is 24.1 Å². The zero-order chi connectivity index (χ0) is 23.9.